The summed E-state index contributed by atoms with van der Waals surface area (Å²) in [4.78, 5) is 10.9. The van der Waals surface area contributed by atoms with Crippen molar-refractivity contribution >= 4 is 16.7 Å². The number of phenols is 2. The van der Waals surface area contributed by atoms with Crippen LogP contribution in [0.5, 0.6) is 11.5 Å². The number of rotatable bonds is 1. The van der Waals surface area contributed by atoms with Gasteiger partial charge in [0.1, 0.15) is 17.1 Å². The third-order valence-corrected chi connectivity index (χ3v) is 2.57. The second-order valence-corrected chi connectivity index (χ2v) is 3.59. The standard InChI is InChI=1S/C12H10O4/c1-6-3-2-4-7-8(6)5-9(13)10(11(7)14)12(15)16/h2-5,13-14H,1H3,(H,15,16). The number of hydrogen-bond acceptors (Lipinski definition) is 3. The Hall–Kier alpha value is -2.23. The number of carboxylic acids is 1. The third kappa shape index (κ3) is 1.35. The van der Waals surface area contributed by atoms with Gasteiger partial charge in [-0.15, -0.1) is 0 Å². The molecule has 0 saturated carbocycles. The first-order valence-corrected chi connectivity index (χ1v) is 4.70. The largest absolute Gasteiger partial charge is 0.507 e. The predicted octanol–water partition coefficient (Wildman–Crippen LogP) is 2.26. The number of benzene rings is 2. The molecular formula is C12H10O4. The Morgan fingerprint density at radius 3 is 2.50 bits per heavy atom. The Morgan fingerprint density at radius 2 is 1.88 bits per heavy atom. The summed E-state index contributed by atoms with van der Waals surface area (Å²) in [6, 6.07) is 6.51. The molecule has 4 heteroatoms. The van der Waals surface area contributed by atoms with Gasteiger partial charge in [0.05, 0.1) is 0 Å². The van der Waals surface area contributed by atoms with Crippen LogP contribution in [0.15, 0.2) is 24.3 Å². The molecule has 2 aromatic carbocycles. The minimum atomic E-state index is -1.35. The van der Waals surface area contributed by atoms with Gasteiger partial charge in [-0.25, -0.2) is 4.79 Å². The van der Waals surface area contributed by atoms with E-state index >= 15 is 0 Å². The maximum absolute atomic E-state index is 10.9. The minimum Gasteiger partial charge on any atom is -0.507 e. The maximum Gasteiger partial charge on any atom is 0.343 e. The molecule has 3 N–H and O–H groups in total. The van der Waals surface area contributed by atoms with Crippen molar-refractivity contribution < 1.29 is 20.1 Å². The molecule has 2 rings (SSSR count). The molecule has 0 atom stereocenters. The highest BCUT2D eigenvalue weighted by Crippen LogP contribution is 2.36. The Bertz CT molecular complexity index is 587. The first-order chi connectivity index (χ1) is 7.52. The van der Waals surface area contributed by atoms with Crippen molar-refractivity contribution in [3.8, 4) is 11.5 Å². The molecule has 16 heavy (non-hydrogen) atoms. The molecule has 0 bridgehead atoms. The molecule has 0 unspecified atom stereocenters. The van der Waals surface area contributed by atoms with Gasteiger partial charge >= 0.3 is 5.97 Å². The zero-order chi connectivity index (χ0) is 11.9. The number of aromatic hydroxyl groups is 2. The molecule has 0 spiro atoms. The van der Waals surface area contributed by atoms with E-state index in [1.165, 1.54) is 6.07 Å². The van der Waals surface area contributed by atoms with Crippen molar-refractivity contribution in [2.45, 2.75) is 6.92 Å². The van der Waals surface area contributed by atoms with E-state index < -0.39 is 23.0 Å². The molecule has 82 valence electrons. The van der Waals surface area contributed by atoms with Gasteiger partial charge in [-0.3, -0.25) is 0 Å². The molecule has 0 radical (unpaired) electrons. The molecule has 0 aliphatic heterocycles. The summed E-state index contributed by atoms with van der Waals surface area (Å²) in [6.07, 6.45) is 0. The monoisotopic (exact) mass is 218 g/mol. The fourth-order valence-corrected chi connectivity index (χ4v) is 1.75. The zero-order valence-electron chi connectivity index (χ0n) is 8.56. The van der Waals surface area contributed by atoms with Gasteiger partial charge in [0.25, 0.3) is 0 Å². The molecule has 0 heterocycles. The highest BCUT2D eigenvalue weighted by molar-refractivity contribution is 6.03. The lowest BCUT2D eigenvalue weighted by atomic mass is 10.0. The number of carbonyl (C=O) groups is 1. The summed E-state index contributed by atoms with van der Waals surface area (Å²) in [5, 5.41) is 29.3. The quantitative estimate of drug-likeness (QED) is 0.686. The maximum atomic E-state index is 10.9. The molecule has 2 aromatic rings. The van der Waals surface area contributed by atoms with Gasteiger partial charge in [0, 0.05) is 5.39 Å². The normalized spacial score (nSPS) is 10.6. The van der Waals surface area contributed by atoms with E-state index in [0.29, 0.717) is 10.8 Å². The first kappa shape index (κ1) is 10.3. The van der Waals surface area contributed by atoms with Crippen LogP contribution in [0.25, 0.3) is 10.8 Å². The highest BCUT2D eigenvalue weighted by atomic mass is 16.4. The van der Waals surface area contributed by atoms with Crippen LogP contribution in [0.3, 0.4) is 0 Å². The number of aromatic carboxylic acids is 1. The van der Waals surface area contributed by atoms with E-state index in [9.17, 15) is 15.0 Å². The molecule has 0 fully saturated rings. The molecule has 0 aliphatic rings. The lowest BCUT2D eigenvalue weighted by Gasteiger charge is -2.08. The third-order valence-electron chi connectivity index (χ3n) is 2.57. The van der Waals surface area contributed by atoms with Gasteiger partial charge < -0.3 is 15.3 Å². The second kappa shape index (κ2) is 3.41. The Balaban J connectivity index is 2.94. The van der Waals surface area contributed by atoms with Crippen LogP contribution in [-0.2, 0) is 0 Å². The molecule has 0 aromatic heterocycles. The van der Waals surface area contributed by atoms with Crippen molar-refractivity contribution in [1.82, 2.24) is 0 Å². The van der Waals surface area contributed by atoms with Gasteiger partial charge in [0.15, 0.2) is 0 Å². The van der Waals surface area contributed by atoms with Crippen molar-refractivity contribution in [2.75, 3.05) is 0 Å². The lowest BCUT2D eigenvalue weighted by Crippen LogP contribution is -1.98. The van der Waals surface area contributed by atoms with E-state index in [4.69, 9.17) is 5.11 Å². The molecule has 0 saturated heterocycles. The fourth-order valence-electron chi connectivity index (χ4n) is 1.75. The van der Waals surface area contributed by atoms with Crippen LogP contribution in [-0.4, -0.2) is 21.3 Å². The van der Waals surface area contributed by atoms with Gasteiger partial charge in [-0.2, -0.15) is 0 Å². The highest BCUT2D eigenvalue weighted by Gasteiger charge is 2.18. The van der Waals surface area contributed by atoms with Crippen LogP contribution in [0.4, 0.5) is 0 Å². The summed E-state index contributed by atoms with van der Waals surface area (Å²) in [7, 11) is 0. The first-order valence-electron chi connectivity index (χ1n) is 4.70. The fraction of sp³-hybridized carbons (Fsp3) is 0.0833. The summed E-state index contributed by atoms with van der Waals surface area (Å²) >= 11 is 0. The van der Waals surface area contributed by atoms with Crippen molar-refractivity contribution in [3.05, 3.63) is 35.4 Å². The van der Waals surface area contributed by atoms with E-state index in [1.54, 1.807) is 12.1 Å². The van der Waals surface area contributed by atoms with Crippen LogP contribution in [0.2, 0.25) is 0 Å². The average molecular weight is 218 g/mol. The van der Waals surface area contributed by atoms with Gasteiger partial charge in [-0.05, 0) is 23.9 Å². The van der Waals surface area contributed by atoms with Crippen LogP contribution >= 0.6 is 0 Å². The predicted molar refractivity (Wildman–Crippen MR) is 59.0 cm³/mol. The summed E-state index contributed by atoms with van der Waals surface area (Å²) in [5.74, 6) is -2.17. The number of aryl methyl sites for hydroxylation is 1. The van der Waals surface area contributed by atoms with Crippen molar-refractivity contribution in [2.24, 2.45) is 0 Å². The number of fused-ring (bicyclic) bond motifs is 1. The van der Waals surface area contributed by atoms with E-state index in [-0.39, 0.29) is 0 Å². The average Bonchev–Trinajstić information content (AvgIpc) is 2.19. The molecule has 0 amide bonds. The molecular weight excluding hydrogens is 208 g/mol. The van der Waals surface area contributed by atoms with E-state index in [0.717, 1.165) is 5.56 Å². The van der Waals surface area contributed by atoms with Crippen molar-refractivity contribution in [1.29, 1.82) is 0 Å². The van der Waals surface area contributed by atoms with E-state index in [1.807, 2.05) is 13.0 Å². The Kier molecular flexibility index (Phi) is 2.20. The molecule has 0 aliphatic carbocycles. The number of hydrogen-bond donors (Lipinski definition) is 3. The minimum absolute atomic E-state index is 0.397. The van der Waals surface area contributed by atoms with Crippen LogP contribution in [0, 0.1) is 6.92 Å². The molecule has 4 nitrogen and oxygen atoms in total. The summed E-state index contributed by atoms with van der Waals surface area (Å²) in [5.41, 5.74) is 0.401. The summed E-state index contributed by atoms with van der Waals surface area (Å²) < 4.78 is 0. The van der Waals surface area contributed by atoms with Crippen molar-refractivity contribution in [3.63, 3.8) is 0 Å². The summed E-state index contributed by atoms with van der Waals surface area (Å²) in [6.45, 7) is 1.82. The lowest BCUT2D eigenvalue weighted by molar-refractivity contribution is 0.0691. The van der Waals surface area contributed by atoms with Gasteiger partial charge in [0.2, 0.25) is 0 Å². The Labute approximate surface area is 91.4 Å². The zero-order valence-corrected chi connectivity index (χ0v) is 8.56. The van der Waals surface area contributed by atoms with E-state index in [2.05, 4.69) is 0 Å². The smallest absolute Gasteiger partial charge is 0.343 e. The second-order valence-electron chi connectivity index (χ2n) is 3.59. The number of carboxylic acid groups (broad SMARTS) is 1. The topological polar surface area (TPSA) is 77.8 Å². The SMILES string of the molecule is Cc1cccc2c(O)c(C(=O)O)c(O)cc12. The van der Waals surface area contributed by atoms with Crippen LogP contribution < -0.4 is 0 Å². The van der Waals surface area contributed by atoms with Gasteiger partial charge in [-0.1, -0.05) is 18.2 Å². The van der Waals surface area contributed by atoms with Crippen LogP contribution in [0.1, 0.15) is 15.9 Å². The Morgan fingerprint density at radius 1 is 1.19 bits per heavy atom.